The summed E-state index contributed by atoms with van der Waals surface area (Å²) >= 11 is 7.18. The van der Waals surface area contributed by atoms with E-state index in [0.717, 1.165) is 12.8 Å². The van der Waals surface area contributed by atoms with Gasteiger partial charge >= 0.3 is 5.97 Å². The van der Waals surface area contributed by atoms with Crippen LogP contribution in [0.3, 0.4) is 0 Å². The normalized spacial score (nSPS) is 19.3. The Balaban J connectivity index is 1.45. The number of ether oxygens (including phenoxy) is 1. The van der Waals surface area contributed by atoms with Crippen LogP contribution in [0.2, 0.25) is 5.02 Å². The fourth-order valence-corrected chi connectivity index (χ4v) is 4.61. The molecular weight excluding hydrogens is 450 g/mol. The van der Waals surface area contributed by atoms with Crippen molar-refractivity contribution in [2.24, 2.45) is 4.99 Å². The molecule has 32 heavy (non-hydrogen) atoms. The van der Waals surface area contributed by atoms with Crippen molar-refractivity contribution in [1.82, 2.24) is 4.90 Å². The van der Waals surface area contributed by atoms with Crippen molar-refractivity contribution in [2.45, 2.75) is 37.5 Å². The van der Waals surface area contributed by atoms with Crippen molar-refractivity contribution >= 4 is 57.7 Å². The molecule has 1 N–H and O–H groups in total. The molecule has 1 aliphatic heterocycles. The van der Waals surface area contributed by atoms with E-state index in [1.54, 1.807) is 60.4 Å². The van der Waals surface area contributed by atoms with Crippen LogP contribution in [-0.2, 0) is 14.3 Å². The van der Waals surface area contributed by atoms with E-state index in [0.29, 0.717) is 33.7 Å². The van der Waals surface area contributed by atoms with Gasteiger partial charge in [0.2, 0.25) is 11.8 Å². The highest BCUT2D eigenvalue weighted by Gasteiger charge is 2.46. The first-order valence-electron chi connectivity index (χ1n) is 10.4. The van der Waals surface area contributed by atoms with Crippen molar-refractivity contribution in [1.29, 1.82) is 0 Å². The number of amidine groups is 1. The summed E-state index contributed by atoms with van der Waals surface area (Å²) in [5.41, 5.74) is 1.71. The standard InChI is InChI=1S/C23H22ClN3O4S/c1-2-31-22(30)14-3-7-17(8-4-14)26-23-27(18-11-12-18)21(29)19(32-23)13-20(28)25-16-9-5-15(24)6-10-16/h3-10,18-19H,2,11-13H2,1H3,(H,25,28)/t19-/m1/s1. The van der Waals surface area contributed by atoms with Crippen LogP contribution in [0.15, 0.2) is 53.5 Å². The summed E-state index contributed by atoms with van der Waals surface area (Å²) in [6.45, 7) is 2.07. The number of aliphatic imine (C=N–C) groups is 1. The Bertz CT molecular complexity index is 1050. The minimum absolute atomic E-state index is 0.0517. The minimum atomic E-state index is -0.527. The van der Waals surface area contributed by atoms with Crippen LogP contribution in [0.5, 0.6) is 0 Å². The Kier molecular flexibility index (Phi) is 6.81. The number of hydrogen-bond donors (Lipinski definition) is 1. The highest BCUT2D eigenvalue weighted by Crippen LogP contribution is 2.39. The van der Waals surface area contributed by atoms with Gasteiger partial charge in [-0.25, -0.2) is 9.79 Å². The number of anilines is 1. The molecule has 1 saturated heterocycles. The first-order chi connectivity index (χ1) is 15.4. The number of nitrogens with zero attached hydrogens (tertiary/aromatic N) is 2. The monoisotopic (exact) mass is 471 g/mol. The summed E-state index contributed by atoms with van der Waals surface area (Å²) in [6.07, 6.45) is 1.91. The lowest BCUT2D eigenvalue weighted by molar-refractivity contribution is -0.128. The highest BCUT2D eigenvalue weighted by atomic mass is 35.5. The van der Waals surface area contributed by atoms with Crippen LogP contribution in [-0.4, -0.2) is 45.7 Å². The molecule has 0 unspecified atom stereocenters. The summed E-state index contributed by atoms with van der Waals surface area (Å²) in [5.74, 6) is -0.719. The molecule has 4 rings (SSSR count). The molecule has 2 aromatic carbocycles. The summed E-state index contributed by atoms with van der Waals surface area (Å²) < 4.78 is 5.00. The molecule has 7 nitrogen and oxygen atoms in total. The van der Waals surface area contributed by atoms with E-state index >= 15 is 0 Å². The number of carbonyl (C=O) groups is 3. The Morgan fingerprint density at radius 3 is 2.47 bits per heavy atom. The molecule has 0 spiro atoms. The van der Waals surface area contributed by atoms with Gasteiger partial charge in [-0.3, -0.25) is 14.5 Å². The van der Waals surface area contributed by atoms with Crippen molar-refractivity contribution in [3.05, 3.63) is 59.1 Å². The molecule has 0 radical (unpaired) electrons. The maximum atomic E-state index is 13.0. The quantitative estimate of drug-likeness (QED) is 0.594. The van der Waals surface area contributed by atoms with Crippen molar-refractivity contribution < 1.29 is 19.1 Å². The molecule has 9 heteroatoms. The molecule has 2 amide bonds. The van der Waals surface area contributed by atoms with Crippen LogP contribution >= 0.6 is 23.4 Å². The fraction of sp³-hybridized carbons (Fsp3) is 0.304. The van der Waals surface area contributed by atoms with Gasteiger partial charge in [0.15, 0.2) is 5.17 Å². The predicted octanol–water partition coefficient (Wildman–Crippen LogP) is 4.64. The van der Waals surface area contributed by atoms with Gasteiger partial charge in [-0.1, -0.05) is 23.4 Å². The first kappa shape index (κ1) is 22.4. The summed E-state index contributed by atoms with van der Waals surface area (Å²) in [4.78, 5) is 43.7. The number of amides is 2. The van der Waals surface area contributed by atoms with E-state index in [1.807, 2.05) is 0 Å². The topological polar surface area (TPSA) is 88.1 Å². The van der Waals surface area contributed by atoms with Crippen LogP contribution in [0, 0.1) is 0 Å². The third kappa shape index (κ3) is 5.31. The van der Waals surface area contributed by atoms with Crippen LogP contribution in [0.4, 0.5) is 11.4 Å². The number of thioether (sulfide) groups is 1. The Hall–Kier alpha value is -2.84. The van der Waals surface area contributed by atoms with Crippen LogP contribution in [0.25, 0.3) is 0 Å². The van der Waals surface area contributed by atoms with E-state index < -0.39 is 5.25 Å². The zero-order valence-electron chi connectivity index (χ0n) is 17.4. The predicted molar refractivity (Wildman–Crippen MR) is 125 cm³/mol. The van der Waals surface area contributed by atoms with Gasteiger partial charge < -0.3 is 10.1 Å². The van der Waals surface area contributed by atoms with Crippen LogP contribution in [0.1, 0.15) is 36.5 Å². The molecule has 166 valence electrons. The molecule has 1 aliphatic carbocycles. The largest absolute Gasteiger partial charge is 0.462 e. The smallest absolute Gasteiger partial charge is 0.338 e. The average Bonchev–Trinajstić information content (AvgIpc) is 3.56. The third-order valence-corrected chi connectivity index (χ3v) is 6.38. The number of rotatable bonds is 7. The van der Waals surface area contributed by atoms with Gasteiger partial charge in [0.05, 0.1) is 17.9 Å². The average molecular weight is 472 g/mol. The molecule has 2 fully saturated rings. The van der Waals surface area contributed by atoms with Gasteiger partial charge in [-0.05, 0) is 68.3 Å². The third-order valence-electron chi connectivity index (χ3n) is 4.98. The van der Waals surface area contributed by atoms with Crippen molar-refractivity contribution in [2.75, 3.05) is 11.9 Å². The van der Waals surface area contributed by atoms with E-state index in [9.17, 15) is 14.4 Å². The molecule has 1 heterocycles. The van der Waals surface area contributed by atoms with E-state index in [2.05, 4.69) is 10.3 Å². The number of halogens is 1. The Morgan fingerprint density at radius 2 is 1.84 bits per heavy atom. The SMILES string of the molecule is CCOC(=O)c1ccc(N=C2S[C@H](CC(=O)Nc3ccc(Cl)cc3)C(=O)N2C2CC2)cc1. The van der Waals surface area contributed by atoms with Crippen molar-refractivity contribution in [3.8, 4) is 0 Å². The number of esters is 1. The first-order valence-corrected chi connectivity index (χ1v) is 11.6. The number of nitrogens with one attached hydrogen (secondary N) is 1. The lowest BCUT2D eigenvalue weighted by Gasteiger charge is -2.15. The lowest BCUT2D eigenvalue weighted by Crippen LogP contribution is -2.35. The Labute approximate surface area is 195 Å². The number of benzene rings is 2. The Morgan fingerprint density at radius 1 is 1.16 bits per heavy atom. The minimum Gasteiger partial charge on any atom is -0.462 e. The second-order valence-corrected chi connectivity index (χ2v) is 9.07. The lowest BCUT2D eigenvalue weighted by atomic mass is 10.2. The van der Waals surface area contributed by atoms with E-state index in [1.165, 1.54) is 11.8 Å². The number of hydrogen-bond acceptors (Lipinski definition) is 6. The molecule has 0 bridgehead atoms. The van der Waals surface area contributed by atoms with E-state index in [4.69, 9.17) is 16.3 Å². The van der Waals surface area contributed by atoms with Gasteiger partial charge in [-0.2, -0.15) is 0 Å². The molecule has 2 aromatic rings. The molecule has 1 saturated carbocycles. The van der Waals surface area contributed by atoms with E-state index in [-0.39, 0.29) is 30.2 Å². The molecule has 0 aromatic heterocycles. The van der Waals surface area contributed by atoms with Gasteiger partial charge in [-0.15, -0.1) is 0 Å². The summed E-state index contributed by atoms with van der Waals surface area (Å²) in [5, 5.41) is 3.45. The maximum Gasteiger partial charge on any atom is 0.338 e. The summed E-state index contributed by atoms with van der Waals surface area (Å²) in [6, 6.07) is 13.7. The molecule has 1 atom stereocenters. The van der Waals surface area contributed by atoms with Gasteiger partial charge in [0.1, 0.15) is 5.25 Å². The molecular formula is C23H22ClN3O4S. The number of carbonyl (C=O) groups excluding carboxylic acids is 3. The fourth-order valence-electron chi connectivity index (χ4n) is 3.27. The van der Waals surface area contributed by atoms with Gasteiger partial charge in [0, 0.05) is 23.2 Å². The second-order valence-electron chi connectivity index (χ2n) is 7.47. The zero-order chi connectivity index (χ0) is 22.7. The zero-order valence-corrected chi connectivity index (χ0v) is 19.0. The summed E-state index contributed by atoms with van der Waals surface area (Å²) in [7, 11) is 0. The molecule has 2 aliphatic rings. The van der Waals surface area contributed by atoms with Crippen LogP contribution < -0.4 is 5.32 Å². The highest BCUT2D eigenvalue weighted by molar-refractivity contribution is 8.15. The van der Waals surface area contributed by atoms with Crippen molar-refractivity contribution in [3.63, 3.8) is 0 Å². The van der Waals surface area contributed by atoms with Gasteiger partial charge in [0.25, 0.3) is 0 Å². The second kappa shape index (κ2) is 9.75. The maximum absolute atomic E-state index is 13.0.